The number of hydrogen-bond acceptors (Lipinski definition) is 6. The SMILES string of the molecule is COc1cccc(CNc2cc(C3CC3)nc(N[C@H](C)CO)n2)c1. The average Bonchev–Trinajstić information content (AvgIpc) is 3.45. The zero-order valence-corrected chi connectivity index (χ0v) is 14.1. The maximum absolute atomic E-state index is 9.21. The van der Waals surface area contributed by atoms with Gasteiger partial charge in [-0.3, -0.25) is 0 Å². The Bertz CT molecular complexity index is 688. The molecule has 3 N–H and O–H groups in total. The van der Waals surface area contributed by atoms with E-state index in [0.29, 0.717) is 18.4 Å². The minimum atomic E-state index is -0.0781. The summed E-state index contributed by atoms with van der Waals surface area (Å²) in [7, 11) is 1.67. The molecule has 24 heavy (non-hydrogen) atoms. The van der Waals surface area contributed by atoms with Crippen LogP contribution in [-0.2, 0) is 6.54 Å². The first-order chi connectivity index (χ1) is 11.7. The Hall–Kier alpha value is -2.34. The lowest BCUT2D eigenvalue weighted by atomic mass is 10.2. The van der Waals surface area contributed by atoms with Gasteiger partial charge in [0.05, 0.1) is 19.4 Å². The summed E-state index contributed by atoms with van der Waals surface area (Å²) < 4.78 is 5.25. The van der Waals surface area contributed by atoms with E-state index >= 15 is 0 Å². The highest BCUT2D eigenvalue weighted by Crippen LogP contribution is 2.39. The van der Waals surface area contributed by atoms with Gasteiger partial charge >= 0.3 is 0 Å². The predicted molar refractivity (Wildman–Crippen MR) is 94.5 cm³/mol. The van der Waals surface area contributed by atoms with Crippen molar-refractivity contribution in [1.29, 1.82) is 0 Å². The monoisotopic (exact) mass is 328 g/mol. The molecule has 6 heteroatoms. The van der Waals surface area contributed by atoms with E-state index in [0.717, 1.165) is 22.8 Å². The fraction of sp³-hybridized carbons (Fsp3) is 0.444. The summed E-state index contributed by atoms with van der Waals surface area (Å²) in [4.78, 5) is 9.09. The molecule has 0 saturated heterocycles. The van der Waals surface area contributed by atoms with Gasteiger partial charge in [0.2, 0.25) is 5.95 Å². The molecular formula is C18H24N4O2. The minimum Gasteiger partial charge on any atom is -0.497 e. The van der Waals surface area contributed by atoms with Crippen molar-refractivity contribution in [3.8, 4) is 5.75 Å². The molecule has 1 atom stereocenters. The van der Waals surface area contributed by atoms with Crippen LogP contribution in [0.5, 0.6) is 5.75 Å². The Morgan fingerprint density at radius 3 is 2.83 bits per heavy atom. The van der Waals surface area contributed by atoms with Gasteiger partial charge < -0.3 is 20.5 Å². The third-order valence-electron chi connectivity index (χ3n) is 4.00. The van der Waals surface area contributed by atoms with Crippen LogP contribution >= 0.6 is 0 Å². The summed E-state index contributed by atoms with van der Waals surface area (Å²) in [6, 6.07) is 9.89. The van der Waals surface area contributed by atoms with Gasteiger partial charge in [-0.2, -0.15) is 4.98 Å². The molecule has 0 spiro atoms. The van der Waals surface area contributed by atoms with Crippen LogP contribution in [0.15, 0.2) is 30.3 Å². The molecule has 1 heterocycles. The quantitative estimate of drug-likeness (QED) is 0.691. The van der Waals surface area contributed by atoms with Gasteiger partial charge in [0.1, 0.15) is 11.6 Å². The molecule has 1 aliphatic rings. The third kappa shape index (κ3) is 4.35. The van der Waals surface area contributed by atoms with Gasteiger partial charge in [0.15, 0.2) is 0 Å². The number of ether oxygens (including phenoxy) is 1. The van der Waals surface area contributed by atoms with E-state index < -0.39 is 0 Å². The average molecular weight is 328 g/mol. The summed E-state index contributed by atoms with van der Waals surface area (Å²) in [5, 5.41) is 15.7. The number of aliphatic hydroxyl groups is 1. The van der Waals surface area contributed by atoms with E-state index in [9.17, 15) is 5.11 Å². The van der Waals surface area contributed by atoms with Crippen LogP contribution in [0.25, 0.3) is 0 Å². The fourth-order valence-electron chi connectivity index (χ4n) is 2.45. The van der Waals surface area contributed by atoms with Crippen molar-refractivity contribution in [2.24, 2.45) is 0 Å². The molecule has 2 aromatic rings. The summed E-state index contributed by atoms with van der Waals surface area (Å²) in [6.07, 6.45) is 2.36. The highest BCUT2D eigenvalue weighted by Gasteiger charge is 2.26. The molecular weight excluding hydrogens is 304 g/mol. The summed E-state index contributed by atoms with van der Waals surface area (Å²) in [5.41, 5.74) is 2.19. The van der Waals surface area contributed by atoms with Crippen LogP contribution in [0.1, 0.15) is 36.9 Å². The highest BCUT2D eigenvalue weighted by molar-refractivity contribution is 5.45. The van der Waals surface area contributed by atoms with Crippen molar-refractivity contribution in [1.82, 2.24) is 9.97 Å². The molecule has 1 aromatic heterocycles. The van der Waals surface area contributed by atoms with Crippen molar-refractivity contribution in [3.63, 3.8) is 0 Å². The van der Waals surface area contributed by atoms with Crippen LogP contribution in [0, 0.1) is 0 Å². The second kappa shape index (κ2) is 7.49. The van der Waals surface area contributed by atoms with Crippen LogP contribution in [0.3, 0.4) is 0 Å². The number of rotatable bonds is 8. The predicted octanol–water partition coefficient (Wildman–Crippen LogP) is 2.77. The van der Waals surface area contributed by atoms with Crippen molar-refractivity contribution in [2.75, 3.05) is 24.4 Å². The number of methoxy groups -OCH3 is 1. The molecule has 0 unspecified atom stereocenters. The maximum atomic E-state index is 9.21. The smallest absolute Gasteiger partial charge is 0.225 e. The first kappa shape index (κ1) is 16.5. The van der Waals surface area contributed by atoms with Gasteiger partial charge in [-0.15, -0.1) is 0 Å². The molecule has 3 rings (SSSR count). The van der Waals surface area contributed by atoms with Crippen molar-refractivity contribution in [2.45, 2.75) is 38.3 Å². The van der Waals surface area contributed by atoms with Gasteiger partial charge in [0, 0.05) is 24.6 Å². The Balaban J connectivity index is 1.73. The number of hydrogen-bond donors (Lipinski definition) is 3. The topological polar surface area (TPSA) is 79.3 Å². The van der Waals surface area contributed by atoms with Gasteiger partial charge in [-0.1, -0.05) is 12.1 Å². The summed E-state index contributed by atoms with van der Waals surface area (Å²) in [5.74, 6) is 2.74. The molecule has 128 valence electrons. The summed E-state index contributed by atoms with van der Waals surface area (Å²) in [6.45, 7) is 2.60. The van der Waals surface area contributed by atoms with E-state index in [4.69, 9.17) is 4.74 Å². The second-order valence-corrected chi connectivity index (χ2v) is 6.21. The standard InChI is InChI=1S/C18H24N4O2/c1-12(11-23)20-18-21-16(14-6-7-14)9-17(22-18)19-10-13-4-3-5-15(8-13)24-2/h3-5,8-9,12,14,23H,6-7,10-11H2,1-2H3,(H2,19,20,21,22)/t12-/m1/s1. The Morgan fingerprint density at radius 1 is 1.29 bits per heavy atom. The van der Waals surface area contributed by atoms with Gasteiger partial charge in [0.25, 0.3) is 0 Å². The van der Waals surface area contributed by atoms with Crippen LogP contribution < -0.4 is 15.4 Å². The van der Waals surface area contributed by atoms with Crippen molar-refractivity contribution < 1.29 is 9.84 Å². The fourth-order valence-corrected chi connectivity index (χ4v) is 2.45. The first-order valence-corrected chi connectivity index (χ1v) is 8.31. The highest BCUT2D eigenvalue weighted by atomic mass is 16.5. The first-order valence-electron chi connectivity index (χ1n) is 8.31. The van der Waals surface area contributed by atoms with E-state index in [1.807, 2.05) is 37.3 Å². The minimum absolute atomic E-state index is 0.0452. The molecule has 1 aliphatic carbocycles. The Kier molecular flexibility index (Phi) is 5.15. The van der Waals surface area contributed by atoms with Crippen LogP contribution in [0.2, 0.25) is 0 Å². The molecule has 6 nitrogen and oxygen atoms in total. The third-order valence-corrected chi connectivity index (χ3v) is 4.00. The van der Waals surface area contributed by atoms with E-state index in [-0.39, 0.29) is 12.6 Å². The molecule has 0 amide bonds. The summed E-state index contributed by atoms with van der Waals surface area (Å²) >= 11 is 0. The lowest BCUT2D eigenvalue weighted by molar-refractivity contribution is 0.281. The molecule has 0 radical (unpaired) electrons. The van der Waals surface area contributed by atoms with Crippen molar-refractivity contribution >= 4 is 11.8 Å². The lowest BCUT2D eigenvalue weighted by Gasteiger charge is -2.14. The number of benzene rings is 1. The van der Waals surface area contributed by atoms with Crippen molar-refractivity contribution in [3.05, 3.63) is 41.6 Å². The second-order valence-electron chi connectivity index (χ2n) is 6.21. The van der Waals surface area contributed by atoms with E-state index in [1.165, 1.54) is 12.8 Å². The molecule has 1 saturated carbocycles. The molecule has 0 bridgehead atoms. The van der Waals surface area contributed by atoms with E-state index in [1.54, 1.807) is 7.11 Å². The van der Waals surface area contributed by atoms with Gasteiger partial charge in [-0.25, -0.2) is 4.98 Å². The zero-order chi connectivity index (χ0) is 16.9. The number of aliphatic hydroxyl groups excluding tert-OH is 1. The Labute approximate surface area is 142 Å². The Morgan fingerprint density at radius 2 is 2.12 bits per heavy atom. The number of aromatic nitrogens is 2. The normalized spacial score (nSPS) is 15.0. The molecule has 1 aromatic carbocycles. The van der Waals surface area contributed by atoms with Gasteiger partial charge in [-0.05, 0) is 37.5 Å². The largest absolute Gasteiger partial charge is 0.497 e. The molecule has 1 fully saturated rings. The number of nitrogens with one attached hydrogen (secondary N) is 2. The lowest BCUT2D eigenvalue weighted by Crippen LogP contribution is -2.21. The zero-order valence-electron chi connectivity index (χ0n) is 14.1. The maximum Gasteiger partial charge on any atom is 0.225 e. The molecule has 0 aliphatic heterocycles. The van der Waals surface area contributed by atoms with Crippen LogP contribution in [-0.4, -0.2) is 34.8 Å². The van der Waals surface area contributed by atoms with E-state index in [2.05, 4.69) is 20.6 Å². The number of nitrogens with zero attached hydrogens (tertiary/aromatic N) is 2. The number of anilines is 2. The van der Waals surface area contributed by atoms with Crippen LogP contribution in [0.4, 0.5) is 11.8 Å².